The van der Waals surface area contributed by atoms with E-state index < -0.39 is 10.0 Å². The van der Waals surface area contributed by atoms with Crippen LogP contribution in [0.5, 0.6) is 0 Å². The van der Waals surface area contributed by atoms with Crippen molar-refractivity contribution >= 4 is 27.0 Å². The molecule has 6 heteroatoms. The molecule has 1 aliphatic rings. The maximum Gasteiger partial charge on any atom is 0.240 e. The van der Waals surface area contributed by atoms with Gasteiger partial charge >= 0.3 is 0 Å². The molecule has 0 spiro atoms. The van der Waals surface area contributed by atoms with Crippen LogP contribution in [-0.4, -0.2) is 8.42 Å². The Hall–Kier alpha value is -1.37. The lowest BCUT2D eigenvalue weighted by atomic mass is 10.2. The third-order valence-electron chi connectivity index (χ3n) is 3.79. The van der Waals surface area contributed by atoms with Gasteiger partial charge in [-0.1, -0.05) is 0 Å². The standard InChI is InChI=1S/C15H18N2O2S2/c1-10-7-13(5-6-14(10)16)21(18,19)17-9-12-8-11-3-2-4-15(11)20-12/h5-8,17H,2-4,9,16H2,1H3. The summed E-state index contributed by atoms with van der Waals surface area (Å²) >= 11 is 1.72. The summed E-state index contributed by atoms with van der Waals surface area (Å²) in [6.45, 7) is 2.15. The average Bonchev–Trinajstić information content (AvgIpc) is 3.00. The van der Waals surface area contributed by atoms with Crippen LogP contribution in [0.1, 0.15) is 27.3 Å². The molecule has 1 aromatic carbocycles. The van der Waals surface area contributed by atoms with Gasteiger partial charge in [-0.25, -0.2) is 13.1 Å². The maximum atomic E-state index is 12.3. The van der Waals surface area contributed by atoms with Crippen molar-refractivity contribution in [3.8, 4) is 0 Å². The van der Waals surface area contributed by atoms with Crippen molar-refractivity contribution in [1.82, 2.24) is 4.72 Å². The van der Waals surface area contributed by atoms with Gasteiger partial charge in [0, 0.05) is 22.0 Å². The number of nitrogens with two attached hydrogens (primary N) is 1. The van der Waals surface area contributed by atoms with Gasteiger partial charge in [-0.2, -0.15) is 0 Å². The Labute approximate surface area is 129 Å². The number of sulfonamides is 1. The molecule has 0 bridgehead atoms. The van der Waals surface area contributed by atoms with Gasteiger partial charge < -0.3 is 5.73 Å². The molecule has 0 fully saturated rings. The van der Waals surface area contributed by atoms with E-state index in [2.05, 4.69) is 10.8 Å². The Bertz CT molecular complexity index is 757. The number of rotatable bonds is 4. The number of aryl methyl sites for hydroxylation is 3. The number of thiophene rings is 1. The second-order valence-corrected chi connectivity index (χ2v) is 8.35. The molecular weight excluding hydrogens is 304 g/mol. The van der Waals surface area contributed by atoms with Crippen LogP contribution < -0.4 is 10.5 Å². The first kappa shape index (κ1) is 14.6. The summed E-state index contributed by atoms with van der Waals surface area (Å²) in [7, 11) is -3.49. The van der Waals surface area contributed by atoms with Gasteiger partial charge in [-0.15, -0.1) is 11.3 Å². The molecule has 1 heterocycles. The summed E-state index contributed by atoms with van der Waals surface area (Å²) in [5, 5.41) is 0. The van der Waals surface area contributed by atoms with Crippen molar-refractivity contribution in [2.24, 2.45) is 0 Å². The molecule has 1 aliphatic carbocycles. The quantitative estimate of drug-likeness (QED) is 0.850. The summed E-state index contributed by atoms with van der Waals surface area (Å²) in [6.07, 6.45) is 3.47. The molecule has 0 aliphatic heterocycles. The van der Waals surface area contributed by atoms with E-state index in [9.17, 15) is 8.42 Å². The van der Waals surface area contributed by atoms with Crippen LogP contribution >= 0.6 is 11.3 Å². The van der Waals surface area contributed by atoms with Crippen LogP contribution in [-0.2, 0) is 29.4 Å². The van der Waals surface area contributed by atoms with Crippen molar-refractivity contribution in [2.75, 3.05) is 5.73 Å². The Kier molecular flexibility index (Phi) is 3.77. The fourth-order valence-corrected chi connectivity index (χ4v) is 4.93. The van der Waals surface area contributed by atoms with E-state index in [4.69, 9.17) is 5.73 Å². The molecule has 4 nitrogen and oxygen atoms in total. The van der Waals surface area contributed by atoms with Crippen LogP contribution in [0, 0.1) is 6.92 Å². The Morgan fingerprint density at radius 3 is 2.81 bits per heavy atom. The third kappa shape index (κ3) is 2.97. The SMILES string of the molecule is Cc1cc(S(=O)(=O)NCc2cc3c(s2)CCC3)ccc1N. The van der Waals surface area contributed by atoms with Gasteiger partial charge in [0.05, 0.1) is 4.90 Å². The number of hydrogen-bond acceptors (Lipinski definition) is 4. The lowest BCUT2D eigenvalue weighted by Gasteiger charge is -2.08. The fraction of sp³-hybridized carbons (Fsp3) is 0.333. The van der Waals surface area contributed by atoms with E-state index in [0.29, 0.717) is 12.2 Å². The highest BCUT2D eigenvalue weighted by Gasteiger charge is 2.18. The van der Waals surface area contributed by atoms with Crippen LogP contribution in [0.15, 0.2) is 29.2 Å². The highest BCUT2D eigenvalue weighted by Crippen LogP contribution is 2.30. The van der Waals surface area contributed by atoms with E-state index in [1.54, 1.807) is 36.5 Å². The number of anilines is 1. The second-order valence-electron chi connectivity index (χ2n) is 5.36. The van der Waals surface area contributed by atoms with E-state index in [0.717, 1.165) is 23.3 Å². The largest absolute Gasteiger partial charge is 0.399 e. The Morgan fingerprint density at radius 2 is 2.10 bits per heavy atom. The summed E-state index contributed by atoms with van der Waals surface area (Å²) in [5.41, 5.74) is 8.48. The third-order valence-corrected chi connectivity index (χ3v) is 6.42. The highest BCUT2D eigenvalue weighted by molar-refractivity contribution is 7.89. The molecule has 2 aromatic rings. The van der Waals surface area contributed by atoms with Crippen LogP contribution in [0.4, 0.5) is 5.69 Å². The minimum absolute atomic E-state index is 0.262. The minimum Gasteiger partial charge on any atom is -0.399 e. The maximum absolute atomic E-state index is 12.3. The molecule has 0 unspecified atom stereocenters. The van der Waals surface area contributed by atoms with Crippen molar-refractivity contribution in [3.05, 3.63) is 45.1 Å². The predicted molar refractivity (Wildman–Crippen MR) is 86.0 cm³/mol. The van der Waals surface area contributed by atoms with Crippen LogP contribution in [0.2, 0.25) is 0 Å². The monoisotopic (exact) mass is 322 g/mol. The van der Waals surface area contributed by atoms with E-state index in [1.165, 1.54) is 16.9 Å². The molecule has 1 aromatic heterocycles. The van der Waals surface area contributed by atoms with Crippen molar-refractivity contribution < 1.29 is 8.42 Å². The minimum atomic E-state index is -3.49. The summed E-state index contributed by atoms with van der Waals surface area (Å²) in [6, 6.07) is 6.90. The molecule has 3 rings (SSSR count). The Morgan fingerprint density at radius 1 is 1.29 bits per heavy atom. The molecular formula is C15H18N2O2S2. The summed E-state index contributed by atoms with van der Waals surface area (Å²) in [4.78, 5) is 2.75. The van der Waals surface area contributed by atoms with Crippen molar-refractivity contribution in [1.29, 1.82) is 0 Å². The number of fused-ring (bicyclic) bond motifs is 1. The molecule has 3 N–H and O–H groups in total. The second kappa shape index (κ2) is 5.44. The number of nitrogens with one attached hydrogen (secondary N) is 1. The van der Waals surface area contributed by atoms with Gasteiger partial charge in [0.15, 0.2) is 0 Å². The van der Waals surface area contributed by atoms with Gasteiger partial charge in [0.2, 0.25) is 10.0 Å². The van der Waals surface area contributed by atoms with Crippen molar-refractivity contribution in [2.45, 2.75) is 37.6 Å². The lowest BCUT2D eigenvalue weighted by Crippen LogP contribution is -2.23. The Balaban J connectivity index is 1.74. The first-order valence-corrected chi connectivity index (χ1v) is 9.22. The fourth-order valence-electron chi connectivity index (χ4n) is 2.54. The van der Waals surface area contributed by atoms with Crippen LogP contribution in [0.25, 0.3) is 0 Å². The highest BCUT2D eigenvalue weighted by atomic mass is 32.2. The zero-order valence-corrected chi connectivity index (χ0v) is 13.5. The molecule has 0 saturated heterocycles. The van der Waals surface area contributed by atoms with Gasteiger partial charge in [-0.05, 0) is 61.6 Å². The smallest absolute Gasteiger partial charge is 0.240 e. The average molecular weight is 322 g/mol. The van der Waals surface area contributed by atoms with Crippen LogP contribution in [0.3, 0.4) is 0 Å². The van der Waals surface area contributed by atoms with Gasteiger partial charge in [0.1, 0.15) is 0 Å². The summed E-state index contributed by atoms with van der Waals surface area (Å²) in [5.74, 6) is 0. The number of nitrogen functional groups attached to an aromatic ring is 1. The topological polar surface area (TPSA) is 72.2 Å². The summed E-state index contributed by atoms with van der Waals surface area (Å²) < 4.78 is 27.3. The first-order chi connectivity index (χ1) is 9.95. The normalized spacial score (nSPS) is 14.3. The zero-order valence-electron chi connectivity index (χ0n) is 11.8. The van der Waals surface area contributed by atoms with E-state index in [1.807, 2.05) is 0 Å². The zero-order chi connectivity index (χ0) is 15.0. The van der Waals surface area contributed by atoms with Gasteiger partial charge in [0.25, 0.3) is 0 Å². The number of benzene rings is 1. The van der Waals surface area contributed by atoms with E-state index in [-0.39, 0.29) is 4.90 Å². The first-order valence-electron chi connectivity index (χ1n) is 6.92. The molecule has 0 radical (unpaired) electrons. The molecule has 112 valence electrons. The molecule has 21 heavy (non-hydrogen) atoms. The molecule has 0 saturated carbocycles. The predicted octanol–water partition coefficient (Wildman–Crippen LogP) is 2.61. The lowest BCUT2D eigenvalue weighted by molar-refractivity contribution is 0.581. The number of hydrogen-bond donors (Lipinski definition) is 2. The van der Waals surface area contributed by atoms with E-state index >= 15 is 0 Å². The van der Waals surface area contributed by atoms with Gasteiger partial charge in [-0.3, -0.25) is 0 Å². The molecule has 0 amide bonds. The molecule has 0 atom stereocenters. The van der Waals surface area contributed by atoms with Crippen molar-refractivity contribution in [3.63, 3.8) is 0 Å².